The van der Waals surface area contributed by atoms with Gasteiger partial charge in [-0.1, -0.05) is 30.4 Å². The highest BCUT2D eigenvalue weighted by atomic mass is 32.1. The number of thiol groups is 1. The van der Waals surface area contributed by atoms with Gasteiger partial charge in [0.15, 0.2) is 0 Å². The van der Waals surface area contributed by atoms with Gasteiger partial charge in [0.05, 0.1) is 10.7 Å². The van der Waals surface area contributed by atoms with E-state index in [4.69, 9.17) is 12.2 Å². The van der Waals surface area contributed by atoms with Crippen molar-refractivity contribution >= 4 is 35.5 Å². The maximum atomic E-state index is 5.05. The van der Waals surface area contributed by atoms with Crippen LogP contribution in [0.5, 0.6) is 0 Å². The van der Waals surface area contributed by atoms with Gasteiger partial charge in [0.1, 0.15) is 4.99 Å². The number of hydrogen-bond acceptors (Lipinski definition) is 5. The molecule has 1 aromatic carbocycles. The van der Waals surface area contributed by atoms with Crippen molar-refractivity contribution < 1.29 is 0 Å². The number of thiocarbonyl (C=S) groups is 1. The second-order valence-electron chi connectivity index (χ2n) is 3.38. The lowest BCUT2D eigenvalue weighted by atomic mass is 10.2. The first-order valence-electron chi connectivity index (χ1n) is 4.75. The van der Waals surface area contributed by atoms with Crippen molar-refractivity contribution in [1.82, 2.24) is 16.1 Å². The lowest BCUT2D eigenvalue weighted by Gasteiger charge is -2.29. The summed E-state index contributed by atoms with van der Waals surface area (Å²) in [6.07, 6.45) is 1.73. The summed E-state index contributed by atoms with van der Waals surface area (Å²) in [5.74, 6) is 0. The Labute approximate surface area is 105 Å². The number of hydrazine groups is 3. The third-order valence-corrected chi connectivity index (χ3v) is 2.53. The van der Waals surface area contributed by atoms with Gasteiger partial charge in [-0.3, -0.25) is 16.3 Å². The molecule has 4 nitrogen and oxygen atoms in total. The molecule has 6 heteroatoms. The molecule has 2 rings (SSSR count). The van der Waals surface area contributed by atoms with E-state index >= 15 is 0 Å². The SMILES string of the molecule is Cc1ccccc1NN1NC(=S)C=C(S)N1. The number of hydrogen-bond donors (Lipinski definition) is 4. The van der Waals surface area contributed by atoms with E-state index in [1.807, 2.05) is 31.2 Å². The van der Waals surface area contributed by atoms with E-state index in [2.05, 4.69) is 28.9 Å². The molecule has 84 valence electrons. The van der Waals surface area contributed by atoms with E-state index in [-0.39, 0.29) is 0 Å². The Morgan fingerprint density at radius 2 is 2.06 bits per heavy atom. The van der Waals surface area contributed by atoms with E-state index in [0.717, 1.165) is 11.3 Å². The number of nitrogens with one attached hydrogen (secondary N) is 3. The highest BCUT2D eigenvalue weighted by Gasteiger charge is 2.12. The molecular formula is C10H12N4S2. The van der Waals surface area contributed by atoms with E-state index in [0.29, 0.717) is 10.0 Å². The monoisotopic (exact) mass is 252 g/mol. The predicted molar refractivity (Wildman–Crippen MR) is 72.6 cm³/mol. The number of aryl methyl sites for hydroxylation is 1. The van der Waals surface area contributed by atoms with Gasteiger partial charge in [0.2, 0.25) is 0 Å². The molecule has 0 fully saturated rings. The van der Waals surface area contributed by atoms with Crippen LogP contribution in [0.25, 0.3) is 0 Å². The summed E-state index contributed by atoms with van der Waals surface area (Å²) < 4.78 is 0. The van der Waals surface area contributed by atoms with Crippen molar-refractivity contribution in [3.05, 3.63) is 40.9 Å². The van der Waals surface area contributed by atoms with Crippen molar-refractivity contribution in [1.29, 1.82) is 0 Å². The molecule has 3 N–H and O–H groups in total. The quantitative estimate of drug-likeness (QED) is 0.477. The Morgan fingerprint density at radius 1 is 1.31 bits per heavy atom. The van der Waals surface area contributed by atoms with Gasteiger partial charge in [-0.15, -0.1) is 12.6 Å². The summed E-state index contributed by atoms with van der Waals surface area (Å²) in [5, 5.41) is 2.26. The minimum atomic E-state index is 0.602. The standard InChI is InChI=1S/C10H12N4S2/c1-7-4-2-3-5-8(7)11-14-12-9(15)6-10(16)13-14/h2-6,11-12,15H,1H3,(H,13,16). The fourth-order valence-electron chi connectivity index (χ4n) is 1.32. The van der Waals surface area contributed by atoms with Crippen LogP contribution in [-0.4, -0.2) is 10.2 Å². The smallest absolute Gasteiger partial charge is 0.119 e. The Morgan fingerprint density at radius 3 is 2.75 bits per heavy atom. The zero-order valence-corrected chi connectivity index (χ0v) is 10.4. The number of nitrogens with zero attached hydrogens (tertiary/aromatic N) is 1. The normalized spacial score (nSPS) is 16.1. The van der Waals surface area contributed by atoms with Crippen LogP contribution in [0.2, 0.25) is 0 Å². The molecule has 0 saturated carbocycles. The fraction of sp³-hybridized carbons (Fsp3) is 0.100. The third kappa shape index (κ3) is 2.66. The van der Waals surface area contributed by atoms with Crippen LogP contribution in [0.3, 0.4) is 0 Å². The molecule has 1 aliphatic heterocycles. The van der Waals surface area contributed by atoms with Crippen molar-refractivity contribution in [2.75, 3.05) is 5.43 Å². The van der Waals surface area contributed by atoms with Crippen LogP contribution in [0, 0.1) is 6.92 Å². The molecule has 1 aromatic rings. The van der Waals surface area contributed by atoms with Gasteiger partial charge in [-0.25, -0.2) is 0 Å². The Bertz CT molecular complexity index is 444. The Balaban J connectivity index is 2.09. The summed E-state index contributed by atoms with van der Waals surface area (Å²) in [4.78, 5) is 0.602. The summed E-state index contributed by atoms with van der Waals surface area (Å²) in [6.45, 7) is 2.03. The van der Waals surface area contributed by atoms with E-state index in [1.54, 1.807) is 11.3 Å². The zero-order chi connectivity index (χ0) is 11.5. The summed E-state index contributed by atoms with van der Waals surface area (Å²) in [6, 6.07) is 7.97. The van der Waals surface area contributed by atoms with Gasteiger partial charge >= 0.3 is 0 Å². The molecule has 0 aliphatic carbocycles. The lowest BCUT2D eigenvalue weighted by Crippen LogP contribution is -2.55. The number of benzene rings is 1. The van der Waals surface area contributed by atoms with Crippen molar-refractivity contribution in [2.24, 2.45) is 0 Å². The average molecular weight is 252 g/mol. The maximum Gasteiger partial charge on any atom is 0.119 e. The topological polar surface area (TPSA) is 39.3 Å². The van der Waals surface area contributed by atoms with Crippen molar-refractivity contribution in [2.45, 2.75) is 6.92 Å². The highest BCUT2D eigenvalue weighted by molar-refractivity contribution is 7.84. The van der Waals surface area contributed by atoms with Gasteiger partial charge in [-0.2, -0.15) is 0 Å². The molecule has 0 amide bonds. The average Bonchev–Trinajstić information content (AvgIpc) is 2.20. The van der Waals surface area contributed by atoms with Gasteiger partial charge in [0.25, 0.3) is 0 Å². The first kappa shape index (κ1) is 11.3. The predicted octanol–water partition coefficient (Wildman–Crippen LogP) is 1.75. The molecule has 0 unspecified atom stereocenters. The number of rotatable bonds is 2. The molecular weight excluding hydrogens is 240 g/mol. The molecule has 0 atom stereocenters. The van der Waals surface area contributed by atoms with Crippen LogP contribution < -0.4 is 16.3 Å². The largest absolute Gasteiger partial charge is 0.283 e. The van der Waals surface area contributed by atoms with Gasteiger partial charge in [-0.05, 0) is 23.8 Å². The third-order valence-electron chi connectivity index (χ3n) is 2.09. The zero-order valence-electron chi connectivity index (χ0n) is 8.69. The second kappa shape index (κ2) is 4.73. The first-order chi connectivity index (χ1) is 7.65. The highest BCUT2D eigenvalue weighted by Crippen LogP contribution is 2.14. The lowest BCUT2D eigenvalue weighted by molar-refractivity contribution is 0.225. The molecule has 0 bridgehead atoms. The van der Waals surface area contributed by atoms with Crippen molar-refractivity contribution in [3.8, 4) is 0 Å². The molecule has 0 radical (unpaired) electrons. The van der Waals surface area contributed by atoms with E-state index < -0.39 is 0 Å². The summed E-state index contributed by atoms with van der Waals surface area (Å²) in [7, 11) is 0. The van der Waals surface area contributed by atoms with Crippen LogP contribution in [0.4, 0.5) is 5.69 Å². The summed E-state index contributed by atoms with van der Waals surface area (Å²) in [5.41, 5.74) is 11.2. The first-order valence-corrected chi connectivity index (χ1v) is 5.61. The van der Waals surface area contributed by atoms with E-state index in [1.165, 1.54) is 0 Å². The molecule has 1 heterocycles. The Kier molecular flexibility index (Phi) is 3.33. The molecule has 0 saturated heterocycles. The molecule has 1 aliphatic rings. The van der Waals surface area contributed by atoms with Crippen molar-refractivity contribution in [3.63, 3.8) is 0 Å². The van der Waals surface area contributed by atoms with Crippen LogP contribution in [-0.2, 0) is 0 Å². The van der Waals surface area contributed by atoms with Crippen LogP contribution >= 0.6 is 24.8 Å². The second-order valence-corrected chi connectivity index (χ2v) is 4.30. The van der Waals surface area contributed by atoms with Gasteiger partial charge in [0, 0.05) is 6.08 Å². The van der Waals surface area contributed by atoms with Crippen LogP contribution in [0.1, 0.15) is 5.56 Å². The Hall–Kier alpha value is -1.24. The minimum absolute atomic E-state index is 0.602. The maximum absolute atomic E-state index is 5.05. The number of para-hydroxylation sites is 1. The molecule has 0 aromatic heterocycles. The summed E-state index contributed by atoms with van der Waals surface area (Å²) >= 11 is 9.26. The number of anilines is 1. The minimum Gasteiger partial charge on any atom is -0.283 e. The van der Waals surface area contributed by atoms with Gasteiger partial charge < -0.3 is 0 Å². The molecule has 16 heavy (non-hydrogen) atoms. The van der Waals surface area contributed by atoms with Crippen LogP contribution in [0.15, 0.2) is 35.4 Å². The van der Waals surface area contributed by atoms with E-state index in [9.17, 15) is 0 Å². The molecule has 0 spiro atoms. The fourth-order valence-corrected chi connectivity index (χ4v) is 1.84.